The normalized spacial score (nSPS) is 53.8. The zero-order valence-corrected chi connectivity index (χ0v) is 7.92. The third-order valence-corrected chi connectivity index (χ3v) is 3.61. The minimum absolute atomic E-state index is 0.330. The van der Waals surface area contributed by atoms with Crippen molar-refractivity contribution in [1.82, 2.24) is 0 Å². The number of rotatable bonds is 1. The van der Waals surface area contributed by atoms with Gasteiger partial charge in [-0.3, -0.25) is 0 Å². The molecule has 2 rings (SSSR count). The van der Waals surface area contributed by atoms with Crippen LogP contribution in [0.25, 0.3) is 0 Å². The van der Waals surface area contributed by atoms with Gasteiger partial charge in [0.15, 0.2) is 0 Å². The first-order valence-electron chi connectivity index (χ1n) is 4.94. The van der Waals surface area contributed by atoms with E-state index in [1.54, 1.807) is 0 Å². The molecule has 4 atom stereocenters. The SMILES string of the molecule is CC1COCCC1C1(O)CC1C. The van der Waals surface area contributed by atoms with Crippen LogP contribution in [0.3, 0.4) is 0 Å². The van der Waals surface area contributed by atoms with Crippen molar-refractivity contribution in [3.8, 4) is 0 Å². The van der Waals surface area contributed by atoms with Crippen LogP contribution >= 0.6 is 0 Å². The first kappa shape index (κ1) is 8.52. The van der Waals surface area contributed by atoms with Crippen LogP contribution in [-0.2, 0) is 4.74 Å². The number of aliphatic hydroxyl groups is 1. The lowest BCUT2D eigenvalue weighted by Crippen LogP contribution is -2.36. The summed E-state index contributed by atoms with van der Waals surface area (Å²) in [6.07, 6.45) is 2.05. The molecule has 1 saturated heterocycles. The van der Waals surface area contributed by atoms with Crippen molar-refractivity contribution in [2.24, 2.45) is 17.8 Å². The summed E-state index contributed by atoms with van der Waals surface area (Å²) in [7, 11) is 0. The van der Waals surface area contributed by atoms with Crippen LogP contribution < -0.4 is 0 Å². The lowest BCUT2D eigenvalue weighted by Gasteiger charge is -2.33. The van der Waals surface area contributed by atoms with Crippen molar-refractivity contribution in [1.29, 1.82) is 0 Å². The standard InChI is InChI=1S/C10H18O2/c1-7-6-12-4-3-9(7)10(11)5-8(10)2/h7-9,11H,3-6H2,1-2H3. The van der Waals surface area contributed by atoms with E-state index in [4.69, 9.17) is 4.74 Å². The highest BCUT2D eigenvalue weighted by atomic mass is 16.5. The summed E-state index contributed by atoms with van der Waals surface area (Å²) in [5.41, 5.74) is -0.330. The minimum Gasteiger partial charge on any atom is -0.389 e. The average Bonchev–Trinajstić information content (AvgIpc) is 2.61. The van der Waals surface area contributed by atoms with Gasteiger partial charge in [0.1, 0.15) is 0 Å². The molecule has 2 heteroatoms. The molecule has 1 aliphatic heterocycles. The summed E-state index contributed by atoms with van der Waals surface area (Å²) in [5, 5.41) is 10.1. The third kappa shape index (κ3) is 1.17. The number of ether oxygens (including phenoxy) is 1. The number of hydrogen-bond acceptors (Lipinski definition) is 2. The predicted octanol–water partition coefficient (Wildman–Crippen LogP) is 1.43. The van der Waals surface area contributed by atoms with Crippen LogP contribution in [0.5, 0.6) is 0 Å². The molecule has 2 fully saturated rings. The number of hydrogen-bond donors (Lipinski definition) is 1. The smallest absolute Gasteiger partial charge is 0.0710 e. The molecule has 1 saturated carbocycles. The molecule has 0 radical (unpaired) electrons. The van der Waals surface area contributed by atoms with Crippen LogP contribution in [0.4, 0.5) is 0 Å². The fourth-order valence-electron chi connectivity index (χ4n) is 2.57. The lowest BCUT2D eigenvalue weighted by molar-refractivity contribution is -0.0475. The van der Waals surface area contributed by atoms with Crippen LogP contribution in [-0.4, -0.2) is 23.9 Å². The van der Waals surface area contributed by atoms with Gasteiger partial charge in [-0.15, -0.1) is 0 Å². The highest BCUT2D eigenvalue weighted by Crippen LogP contribution is 2.52. The summed E-state index contributed by atoms with van der Waals surface area (Å²) in [6.45, 7) is 6.00. The molecule has 12 heavy (non-hydrogen) atoms. The largest absolute Gasteiger partial charge is 0.389 e. The van der Waals surface area contributed by atoms with Crippen molar-refractivity contribution < 1.29 is 9.84 Å². The summed E-state index contributed by atoms with van der Waals surface area (Å²) in [6, 6.07) is 0. The van der Waals surface area contributed by atoms with E-state index in [-0.39, 0.29) is 5.60 Å². The van der Waals surface area contributed by atoms with E-state index in [1.165, 1.54) is 0 Å². The molecule has 4 unspecified atom stereocenters. The van der Waals surface area contributed by atoms with E-state index >= 15 is 0 Å². The molecule has 0 spiro atoms. The Hall–Kier alpha value is -0.0800. The molecule has 0 amide bonds. The molecule has 1 aliphatic carbocycles. The van der Waals surface area contributed by atoms with Gasteiger partial charge in [0.25, 0.3) is 0 Å². The molecule has 1 heterocycles. The molecule has 0 aromatic rings. The Balaban J connectivity index is 2.02. The maximum Gasteiger partial charge on any atom is 0.0710 e. The van der Waals surface area contributed by atoms with Crippen LogP contribution in [0.2, 0.25) is 0 Å². The fraction of sp³-hybridized carbons (Fsp3) is 1.00. The Kier molecular flexibility index (Phi) is 1.92. The first-order chi connectivity index (χ1) is 5.64. The van der Waals surface area contributed by atoms with E-state index in [0.29, 0.717) is 17.8 Å². The second-order valence-electron chi connectivity index (χ2n) is 4.54. The molecule has 0 aromatic heterocycles. The van der Waals surface area contributed by atoms with Crippen molar-refractivity contribution in [3.63, 3.8) is 0 Å². The second kappa shape index (κ2) is 2.71. The van der Waals surface area contributed by atoms with Crippen LogP contribution in [0.1, 0.15) is 26.7 Å². The zero-order valence-electron chi connectivity index (χ0n) is 7.92. The zero-order chi connectivity index (χ0) is 8.77. The van der Waals surface area contributed by atoms with E-state index in [0.717, 1.165) is 26.1 Å². The van der Waals surface area contributed by atoms with Gasteiger partial charge in [0.2, 0.25) is 0 Å². The molecule has 2 aliphatic rings. The van der Waals surface area contributed by atoms with Gasteiger partial charge >= 0.3 is 0 Å². The quantitative estimate of drug-likeness (QED) is 0.645. The molecule has 0 bridgehead atoms. The highest BCUT2D eigenvalue weighted by Gasteiger charge is 2.56. The second-order valence-corrected chi connectivity index (χ2v) is 4.54. The summed E-state index contributed by atoms with van der Waals surface area (Å²) in [4.78, 5) is 0. The summed E-state index contributed by atoms with van der Waals surface area (Å²) in [5.74, 6) is 1.54. The molecule has 70 valence electrons. The van der Waals surface area contributed by atoms with Gasteiger partial charge in [0.05, 0.1) is 5.60 Å². The molecule has 1 N–H and O–H groups in total. The average molecular weight is 170 g/mol. The van der Waals surface area contributed by atoms with Crippen LogP contribution in [0, 0.1) is 17.8 Å². The van der Waals surface area contributed by atoms with Crippen LogP contribution in [0.15, 0.2) is 0 Å². The first-order valence-corrected chi connectivity index (χ1v) is 4.94. The van der Waals surface area contributed by atoms with E-state index in [2.05, 4.69) is 13.8 Å². The summed E-state index contributed by atoms with van der Waals surface area (Å²) >= 11 is 0. The van der Waals surface area contributed by atoms with Crippen molar-refractivity contribution in [2.75, 3.05) is 13.2 Å². The van der Waals surface area contributed by atoms with Crippen molar-refractivity contribution in [2.45, 2.75) is 32.3 Å². The third-order valence-electron chi connectivity index (χ3n) is 3.61. The van der Waals surface area contributed by atoms with Gasteiger partial charge in [-0.1, -0.05) is 13.8 Å². The highest BCUT2D eigenvalue weighted by molar-refractivity contribution is 5.06. The van der Waals surface area contributed by atoms with E-state index < -0.39 is 0 Å². The van der Waals surface area contributed by atoms with Gasteiger partial charge in [-0.2, -0.15) is 0 Å². The predicted molar refractivity (Wildman–Crippen MR) is 46.8 cm³/mol. The van der Waals surface area contributed by atoms with Crippen molar-refractivity contribution in [3.05, 3.63) is 0 Å². The Morgan fingerprint density at radius 2 is 2.08 bits per heavy atom. The van der Waals surface area contributed by atoms with E-state index in [9.17, 15) is 5.11 Å². The molecular weight excluding hydrogens is 152 g/mol. The van der Waals surface area contributed by atoms with Crippen molar-refractivity contribution >= 4 is 0 Å². The Bertz CT molecular complexity index is 181. The Labute approximate surface area is 73.9 Å². The lowest BCUT2D eigenvalue weighted by atomic mass is 9.82. The fourth-order valence-corrected chi connectivity index (χ4v) is 2.57. The van der Waals surface area contributed by atoms with Gasteiger partial charge in [-0.05, 0) is 30.6 Å². The maximum atomic E-state index is 10.1. The molecule has 2 nitrogen and oxygen atoms in total. The topological polar surface area (TPSA) is 29.5 Å². The molecule has 0 aromatic carbocycles. The monoisotopic (exact) mass is 170 g/mol. The Morgan fingerprint density at radius 3 is 2.58 bits per heavy atom. The van der Waals surface area contributed by atoms with Gasteiger partial charge in [-0.25, -0.2) is 0 Å². The molecular formula is C10H18O2. The van der Waals surface area contributed by atoms with Gasteiger partial charge < -0.3 is 9.84 Å². The Morgan fingerprint density at radius 1 is 1.42 bits per heavy atom. The van der Waals surface area contributed by atoms with E-state index in [1.807, 2.05) is 0 Å². The summed E-state index contributed by atoms with van der Waals surface area (Å²) < 4.78 is 5.36. The van der Waals surface area contributed by atoms with Gasteiger partial charge in [0, 0.05) is 13.2 Å². The minimum atomic E-state index is -0.330. The maximum absolute atomic E-state index is 10.1.